The quantitative estimate of drug-likeness (QED) is 0.496. The summed E-state index contributed by atoms with van der Waals surface area (Å²) in [7, 11) is 1.16. The first-order valence-corrected chi connectivity index (χ1v) is 9.88. The lowest BCUT2D eigenvalue weighted by Gasteiger charge is -2.26. The van der Waals surface area contributed by atoms with Crippen molar-refractivity contribution in [3.05, 3.63) is 32.7 Å². The molecule has 0 radical (unpaired) electrons. The Hall–Kier alpha value is -2.16. The molecule has 0 aliphatic carbocycles. The first kappa shape index (κ1) is 24.9. The summed E-state index contributed by atoms with van der Waals surface area (Å²) >= 11 is 3.06. The lowest BCUT2D eigenvalue weighted by atomic mass is 9.83. The van der Waals surface area contributed by atoms with Crippen molar-refractivity contribution >= 4 is 33.8 Å². The molecule has 2 atom stereocenters. The fraction of sp³-hybridized carbons (Fsp3) is 0.600. The molecule has 0 saturated heterocycles. The number of carbonyl (C=O) groups is 3. The minimum atomic E-state index is -0.839. The summed E-state index contributed by atoms with van der Waals surface area (Å²) in [5.74, 6) is -2.30. The number of alkyl halides is 1. The van der Waals surface area contributed by atoms with Crippen LogP contribution in [0.3, 0.4) is 0 Å². The molecule has 2 N–H and O–H groups in total. The molecule has 1 aromatic rings. The molecule has 0 saturated carbocycles. The number of carbonyl (C=O) groups excluding carboxylic acids is 2. The third kappa shape index (κ3) is 5.46. The first-order chi connectivity index (χ1) is 13.0. The Morgan fingerprint density at radius 1 is 1.17 bits per heavy atom. The summed E-state index contributed by atoms with van der Waals surface area (Å²) < 4.78 is 9.95. The molecule has 0 fully saturated rings. The zero-order valence-electron chi connectivity index (χ0n) is 17.9. The van der Waals surface area contributed by atoms with Gasteiger partial charge in [0.25, 0.3) is 5.56 Å². The number of nitrogens with one attached hydrogen (secondary N) is 1. The van der Waals surface area contributed by atoms with Crippen molar-refractivity contribution in [2.75, 3.05) is 7.11 Å². The van der Waals surface area contributed by atoms with Crippen molar-refractivity contribution in [1.82, 2.24) is 4.98 Å². The number of halogens is 1. The maximum absolute atomic E-state index is 12.1. The van der Waals surface area contributed by atoms with E-state index in [0.717, 1.165) is 7.11 Å². The average Bonchev–Trinajstić information content (AvgIpc) is 2.91. The molecule has 0 amide bonds. The van der Waals surface area contributed by atoms with Crippen LogP contribution in [0, 0.1) is 17.8 Å². The summed E-state index contributed by atoms with van der Waals surface area (Å²) in [4.78, 5) is 48.2. The predicted octanol–water partition coefficient (Wildman–Crippen LogP) is 3.61. The van der Waals surface area contributed by atoms with E-state index in [9.17, 15) is 19.2 Å². The molecular weight excluding hydrogens is 446 g/mol. The highest BCUT2D eigenvalue weighted by atomic mass is 79.9. The number of esters is 2. The predicted molar refractivity (Wildman–Crippen MR) is 111 cm³/mol. The Morgan fingerprint density at radius 2 is 1.69 bits per heavy atom. The number of rotatable bonds is 2. The van der Waals surface area contributed by atoms with Crippen LogP contribution in [-0.4, -0.2) is 39.9 Å². The zero-order chi connectivity index (χ0) is 22.9. The van der Waals surface area contributed by atoms with Gasteiger partial charge in [0.2, 0.25) is 0 Å². The molecule has 2 unspecified atom stereocenters. The molecule has 162 valence electrons. The van der Waals surface area contributed by atoms with Crippen LogP contribution in [0.25, 0.3) is 0 Å². The molecule has 1 aliphatic heterocycles. The van der Waals surface area contributed by atoms with Gasteiger partial charge in [-0.05, 0) is 12.3 Å². The Balaban J connectivity index is 0.000000396. The second-order valence-electron chi connectivity index (χ2n) is 8.95. The third-order valence-corrected chi connectivity index (χ3v) is 6.06. The number of carboxylic acid groups (broad SMARTS) is 1. The van der Waals surface area contributed by atoms with E-state index in [1.165, 1.54) is 0 Å². The van der Waals surface area contributed by atoms with Crippen LogP contribution in [0.4, 0.5) is 0 Å². The maximum atomic E-state index is 12.1. The lowest BCUT2D eigenvalue weighted by Crippen LogP contribution is -2.28. The summed E-state index contributed by atoms with van der Waals surface area (Å²) in [5, 5.41) is 8.47. The van der Waals surface area contributed by atoms with Gasteiger partial charge in [0.15, 0.2) is 0 Å². The molecule has 1 aromatic heterocycles. The zero-order valence-corrected chi connectivity index (χ0v) is 19.5. The highest BCUT2D eigenvalue weighted by Gasteiger charge is 2.44. The van der Waals surface area contributed by atoms with Crippen molar-refractivity contribution < 1.29 is 29.0 Å². The van der Waals surface area contributed by atoms with E-state index in [2.05, 4.69) is 25.7 Å². The highest BCUT2D eigenvalue weighted by Crippen LogP contribution is 2.44. The number of cyclic esters (lactones) is 1. The second-order valence-corrected chi connectivity index (χ2v) is 9.87. The average molecular weight is 474 g/mol. The number of aryl methyl sites for hydroxylation is 1. The normalized spacial score (nSPS) is 16.9. The van der Waals surface area contributed by atoms with Gasteiger partial charge in [-0.3, -0.25) is 9.59 Å². The molecular formula is C20H28BrNO7. The van der Waals surface area contributed by atoms with Gasteiger partial charge in [0.1, 0.15) is 16.5 Å². The van der Waals surface area contributed by atoms with Gasteiger partial charge in [-0.25, -0.2) is 9.59 Å². The number of pyridine rings is 1. The van der Waals surface area contributed by atoms with Crippen molar-refractivity contribution in [2.45, 2.75) is 59.4 Å². The molecule has 29 heavy (non-hydrogen) atoms. The number of H-pyrrole nitrogens is 1. The van der Waals surface area contributed by atoms with Crippen LogP contribution in [-0.2, 0) is 14.3 Å². The molecule has 0 bridgehead atoms. The van der Waals surface area contributed by atoms with Gasteiger partial charge in [-0.15, -0.1) is 0 Å². The van der Waals surface area contributed by atoms with Gasteiger partial charge >= 0.3 is 17.9 Å². The van der Waals surface area contributed by atoms with E-state index in [0.29, 0.717) is 11.3 Å². The number of ether oxygens (including phenoxy) is 2. The maximum Gasteiger partial charge on any atom is 0.344 e. The molecule has 8 nitrogen and oxygen atoms in total. The second kappa shape index (κ2) is 8.69. The summed E-state index contributed by atoms with van der Waals surface area (Å²) in [6, 6.07) is 0. The van der Waals surface area contributed by atoms with Gasteiger partial charge in [0.05, 0.1) is 12.7 Å². The van der Waals surface area contributed by atoms with E-state index in [4.69, 9.17) is 9.84 Å². The number of methoxy groups -OCH3 is 1. The third-order valence-electron chi connectivity index (χ3n) is 4.30. The Kier molecular flexibility index (Phi) is 7.45. The Morgan fingerprint density at radius 3 is 2.03 bits per heavy atom. The lowest BCUT2D eigenvalue weighted by molar-refractivity contribution is -0.138. The standard InChI is InChI=1S/C14H17NO5.C6H11BrO2/c1-6-7-8(9(11(16)15-6)12(17)19-5)13(18)20-10(7)14(2,3)4;1-6(2,3)4(7)5(8)9/h10H,1-5H3,(H,15,16);4H,1-3H3,(H,8,9). The fourth-order valence-corrected chi connectivity index (χ4v) is 2.78. The number of carboxylic acids is 1. The molecule has 2 heterocycles. The monoisotopic (exact) mass is 473 g/mol. The van der Waals surface area contributed by atoms with E-state index < -0.39 is 34.4 Å². The number of hydrogen-bond acceptors (Lipinski definition) is 6. The number of aromatic nitrogens is 1. The molecule has 0 aromatic carbocycles. The molecule has 9 heteroatoms. The topological polar surface area (TPSA) is 123 Å². The van der Waals surface area contributed by atoms with E-state index >= 15 is 0 Å². The van der Waals surface area contributed by atoms with Gasteiger partial charge in [-0.2, -0.15) is 0 Å². The number of fused-ring (bicyclic) bond motifs is 1. The van der Waals surface area contributed by atoms with Crippen molar-refractivity contribution in [2.24, 2.45) is 10.8 Å². The van der Waals surface area contributed by atoms with Crippen LogP contribution < -0.4 is 5.56 Å². The molecule has 2 rings (SSSR count). The van der Waals surface area contributed by atoms with Crippen LogP contribution in [0.15, 0.2) is 4.79 Å². The SMILES string of the molecule is CC(C)(C)C(Br)C(=O)O.COC(=O)c1c2c(c(C)[nH]c1=O)C(C(C)(C)C)OC2=O. The van der Waals surface area contributed by atoms with Crippen LogP contribution in [0.5, 0.6) is 0 Å². The van der Waals surface area contributed by atoms with Crippen molar-refractivity contribution in [3.8, 4) is 0 Å². The fourth-order valence-electron chi connectivity index (χ4n) is 2.78. The van der Waals surface area contributed by atoms with E-state index in [1.54, 1.807) is 6.92 Å². The minimum absolute atomic E-state index is 0.0259. The van der Waals surface area contributed by atoms with Crippen molar-refractivity contribution in [3.63, 3.8) is 0 Å². The van der Waals surface area contributed by atoms with Gasteiger partial charge < -0.3 is 19.6 Å². The number of aliphatic carboxylic acids is 1. The first-order valence-electron chi connectivity index (χ1n) is 8.97. The minimum Gasteiger partial charge on any atom is -0.480 e. The van der Waals surface area contributed by atoms with Crippen LogP contribution in [0.1, 0.15) is 79.6 Å². The van der Waals surface area contributed by atoms with Crippen molar-refractivity contribution in [1.29, 1.82) is 0 Å². The smallest absolute Gasteiger partial charge is 0.344 e. The number of hydrogen-bond donors (Lipinski definition) is 2. The van der Waals surface area contributed by atoms with Gasteiger partial charge in [-0.1, -0.05) is 57.5 Å². The van der Waals surface area contributed by atoms with Crippen LogP contribution >= 0.6 is 15.9 Å². The largest absolute Gasteiger partial charge is 0.480 e. The van der Waals surface area contributed by atoms with E-state index in [-0.39, 0.29) is 22.0 Å². The molecule has 1 aliphatic rings. The summed E-state index contributed by atoms with van der Waals surface area (Å²) in [5.41, 5.74) is -0.364. The van der Waals surface area contributed by atoms with E-state index in [1.807, 2.05) is 41.5 Å². The van der Waals surface area contributed by atoms with Gasteiger partial charge in [0, 0.05) is 16.7 Å². The molecule has 0 spiro atoms. The van der Waals surface area contributed by atoms with Crippen LogP contribution in [0.2, 0.25) is 0 Å². The Labute approximate surface area is 178 Å². The summed E-state index contributed by atoms with van der Waals surface area (Å²) in [6.45, 7) is 13.1. The number of aromatic amines is 1. The Bertz CT molecular complexity index is 875. The highest BCUT2D eigenvalue weighted by molar-refractivity contribution is 9.10. The summed E-state index contributed by atoms with van der Waals surface area (Å²) in [6.07, 6.45) is -0.509.